The van der Waals surface area contributed by atoms with Gasteiger partial charge in [0.25, 0.3) is 11.4 Å². The summed E-state index contributed by atoms with van der Waals surface area (Å²) in [6, 6.07) is 19.2. The summed E-state index contributed by atoms with van der Waals surface area (Å²) in [5.74, 6) is 0. The second-order valence-electron chi connectivity index (χ2n) is 6.97. The second kappa shape index (κ2) is 8.26. The van der Waals surface area contributed by atoms with Crippen molar-refractivity contribution in [2.75, 3.05) is 0 Å². The Kier molecular flexibility index (Phi) is 5.45. The molecule has 0 amide bonds. The molecule has 2 N–H and O–H groups in total. The molecule has 0 aliphatic heterocycles. The Morgan fingerprint density at radius 1 is 0.758 bits per heavy atom. The highest BCUT2D eigenvalue weighted by Crippen LogP contribution is 2.31. The predicted molar refractivity (Wildman–Crippen MR) is 119 cm³/mol. The number of hydrogen-bond donors (Lipinski definition) is 1. The molecular weight excluding hydrogens is 450 g/mol. The molecule has 0 bridgehead atoms. The first-order valence-corrected chi connectivity index (χ1v) is 10.9. The molecule has 0 spiro atoms. The largest absolute Gasteiger partial charge is 0.269 e. The molecule has 3 aromatic carbocycles. The summed E-state index contributed by atoms with van der Waals surface area (Å²) in [6.07, 6.45) is 0. The zero-order valence-corrected chi connectivity index (χ0v) is 17.5. The van der Waals surface area contributed by atoms with Crippen LogP contribution in [0.4, 0.5) is 11.4 Å². The SMILES string of the molecule is NS(=O)(=O)c1ccc(-n2nc(-c3ccc([N+](=O)[O-])cc3)cc2-c2ccc([N+](=O)[O-])cc2)cc1. The molecular formula is C21H15N5O6S. The summed E-state index contributed by atoms with van der Waals surface area (Å²) in [6.45, 7) is 0. The van der Waals surface area contributed by atoms with Crippen molar-refractivity contribution in [3.63, 3.8) is 0 Å². The molecule has 166 valence electrons. The molecule has 4 rings (SSSR count). The number of non-ortho nitro benzene ring substituents is 2. The van der Waals surface area contributed by atoms with Gasteiger partial charge in [-0.25, -0.2) is 18.2 Å². The van der Waals surface area contributed by atoms with Crippen molar-refractivity contribution in [1.82, 2.24) is 9.78 Å². The summed E-state index contributed by atoms with van der Waals surface area (Å²) >= 11 is 0. The Balaban J connectivity index is 1.84. The summed E-state index contributed by atoms with van der Waals surface area (Å²) < 4.78 is 24.7. The lowest BCUT2D eigenvalue weighted by Gasteiger charge is -2.08. The van der Waals surface area contributed by atoms with Crippen LogP contribution < -0.4 is 5.14 Å². The van der Waals surface area contributed by atoms with E-state index in [-0.39, 0.29) is 16.3 Å². The quantitative estimate of drug-likeness (QED) is 0.335. The third-order valence-electron chi connectivity index (χ3n) is 4.87. The zero-order valence-electron chi connectivity index (χ0n) is 16.7. The number of sulfonamides is 1. The van der Waals surface area contributed by atoms with Gasteiger partial charge in [-0.2, -0.15) is 5.10 Å². The standard InChI is InChI=1S/C21H15N5O6S/c22-33(31,32)19-11-9-16(10-12-19)24-21(15-3-7-18(8-4-15)26(29)30)13-20(23-24)14-1-5-17(6-2-14)25(27)28/h1-13H,(H2,22,31,32). The second-order valence-corrected chi connectivity index (χ2v) is 8.53. The Bertz CT molecular complexity index is 1460. The predicted octanol–water partition coefficient (Wildman–Crippen LogP) is 3.67. The molecule has 0 radical (unpaired) electrons. The monoisotopic (exact) mass is 465 g/mol. The number of nitrogens with zero attached hydrogens (tertiary/aromatic N) is 4. The van der Waals surface area contributed by atoms with Crippen LogP contribution in [-0.4, -0.2) is 28.0 Å². The van der Waals surface area contributed by atoms with Crippen LogP contribution in [0.15, 0.2) is 83.8 Å². The van der Waals surface area contributed by atoms with Gasteiger partial charge in [0.1, 0.15) is 0 Å². The molecule has 11 nitrogen and oxygen atoms in total. The van der Waals surface area contributed by atoms with E-state index in [4.69, 9.17) is 5.14 Å². The van der Waals surface area contributed by atoms with Crippen LogP contribution in [0.2, 0.25) is 0 Å². The van der Waals surface area contributed by atoms with Gasteiger partial charge in [-0.1, -0.05) is 0 Å². The van der Waals surface area contributed by atoms with E-state index in [1.165, 1.54) is 48.5 Å². The lowest BCUT2D eigenvalue weighted by molar-refractivity contribution is -0.385. The van der Waals surface area contributed by atoms with Gasteiger partial charge >= 0.3 is 0 Å². The first kappa shape index (κ1) is 21.8. The molecule has 0 aliphatic rings. The van der Waals surface area contributed by atoms with E-state index in [0.29, 0.717) is 28.2 Å². The van der Waals surface area contributed by atoms with Crippen LogP contribution in [0.3, 0.4) is 0 Å². The van der Waals surface area contributed by atoms with E-state index in [9.17, 15) is 28.6 Å². The highest BCUT2D eigenvalue weighted by atomic mass is 32.2. The van der Waals surface area contributed by atoms with E-state index in [1.54, 1.807) is 35.0 Å². The van der Waals surface area contributed by atoms with Crippen LogP contribution in [0, 0.1) is 20.2 Å². The summed E-state index contributed by atoms with van der Waals surface area (Å²) in [5, 5.41) is 31.7. The molecule has 0 saturated carbocycles. The van der Waals surface area contributed by atoms with Crippen molar-refractivity contribution in [3.05, 3.63) is 99.1 Å². The fourth-order valence-corrected chi connectivity index (χ4v) is 3.72. The number of primary sulfonamides is 1. The topological polar surface area (TPSA) is 164 Å². The van der Waals surface area contributed by atoms with E-state index in [2.05, 4.69) is 5.10 Å². The fraction of sp³-hybridized carbons (Fsp3) is 0. The molecule has 0 unspecified atom stereocenters. The van der Waals surface area contributed by atoms with Crippen LogP contribution in [-0.2, 0) is 10.0 Å². The van der Waals surface area contributed by atoms with Crippen LogP contribution in [0.5, 0.6) is 0 Å². The third-order valence-corrected chi connectivity index (χ3v) is 5.80. The van der Waals surface area contributed by atoms with Crippen molar-refractivity contribution in [2.24, 2.45) is 5.14 Å². The Morgan fingerprint density at radius 3 is 1.70 bits per heavy atom. The molecule has 0 atom stereocenters. The maximum atomic E-state index is 11.6. The van der Waals surface area contributed by atoms with Crippen LogP contribution in [0.25, 0.3) is 28.2 Å². The van der Waals surface area contributed by atoms with Gasteiger partial charge in [0.05, 0.1) is 31.8 Å². The summed E-state index contributed by atoms with van der Waals surface area (Å²) in [5.41, 5.74) is 2.69. The van der Waals surface area contributed by atoms with Crippen molar-refractivity contribution < 1.29 is 18.3 Å². The first-order chi connectivity index (χ1) is 15.6. The molecule has 12 heteroatoms. The number of benzene rings is 3. The molecule has 33 heavy (non-hydrogen) atoms. The van der Waals surface area contributed by atoms with Gasteiger partial charge in [0.15, 0.2) is 0 Å². The maximum absolute atomic E-state index is 11.6. The van der Waals surface area contributed by atoms with Gasteiger partial charge < -0.3 is 0 Å². The third kappa shape index (κ3) is 4.46. The smallest absolute Gasteiger partial charge is 0.258 e. The van der Waals surface area contributed by atoms with Gasteiger partial charge in [0.2, 0.25) is 10.0 Å². The average Bonchev–Trinajstić information content (AvgIpc) is 3.24. The highest BCUT2D eigenvalue weighted by Gasteiger charge is 2.16. The maximum Gasteiger partial charge on any atom is 0.269 e. The van der Waals surface area contributed by atoms with Crippen molar-refractivity contribution in [1.29, 1.82) is 0 Å². The number of nitro groups is 2. The highest BCUT2D eigenvalue weighted by molar-refractivity contribution is 7.89. The van der Waals surface area contributed by atoms with E-state index >= 15 is 0 Å². The van der Waals surface area contributed by atoms with E-state index in [0.717, 1.165) is 0 Å². The Morgan fingerprint density at radius 2 is 1.24 bits per heavy atom. The molecule has 0 aliphatic carbocycles. The Labute approximate surface area is 187 Å². The van der Waals surface area contributed by atoms with Gasteiger partial charge in [-0.15, -0.1) is 0 Å². The van der Waals surface area contributed by atoms with E-state index in [1.807, 2.05) is 0 Å². The van der Waals surface area contributed by atoms with Crippen LogP contribution >= 0.6 is 0 Å². The molecule has 0 saturated heterocycles. The summed E-state index contributed by atoms with van der Waals surface area (Å²) in [4.78, 5) is 20.9. The van der Waals surface area contributed by atoms with Gasteiger partial charge in [-0.05, 0) is 54.6 Å². The zero-order chi connectivity index (χ0) is 23.8. The molecule has 4 aromatic rings. The average molecular weight is 465 g/mol. The summed E-state index contributed by atoms with van der Waals surface area (Å²) in [7, 11) is -3.87. The van der Waals surface area contributed by atoms with Gasteiger partial charge in [0, 0.05) is 35.4 Å². The number of rotatable bonds is 6. The van der Waals surface area contributed by atoms with Gasteiger partial charge in [-0.3, -0.25) is 20.2 Å². The van der Waals surface area contributed by atoms with E-state index < -0.39 is 19.9 Å². The minimum atomic E-state index is -3.87. The minimum Gasteiger partial charge on any atom is -0.258 e. The molecule has 1 aromatic heterocycles. The van der Waals surface area contributed by atoms with Crippen molar-refractivity contribution >= 4 is 21.4 Å². The first-order valence-electron chi connectivity index (χ1n) is 9.36. The lowest BCUT2D eigenvalue weighted by atomic mass is 10.1. The lowest BCUT2D eigenvalue weighted by Crippen LogP contribution is -2.12. The minimum absolute atomic E-state index is 0.0626. The number of hydrogen-bond acceptors (Lipinski definition) is 7. The Hall–Kier alpha value is -4.42. The van der Waals surface area contributed by atoms with Crippen molar-refractivity contribution in [2.45, 2.75) is 4.90 Å². The van der Waals surface area contributed by atoms with Crippen LogP contribution in [0.1, 0.15) is 0 Å². The number of nitrogens with two attached hydrogens (primary N) is 1. The molecule has 0 fully saturated rings. The normalized spacial score (nSPS) is 11.3. The molecule has 1 heterocycles. The number of nitro benzene ring substituents is 2. The fourth-order valence-electron chi connectivity index (χ4n) is 3.21. The number of aromatic nitrogens is 2. The van der Waals surface area contributed by atoms with Crippen molar-refractivity contribution in [3.8, 4) is 28.2 Å².